The minimum Gasteiger partial charge on any atom is 0 e. The molecular formula is Os15. The van der Waals surface area contributed by atoms with Crippen molar-refractivity contribution in [2.45, 2.75) is 0 Å². The van der Waals surface area contributed by atoms with Crippen LogP contribution in [0, 0.1) is 0 Å². The molecule has 0 rings (SSSR count). The fourth-order valence-corrected chi connectivity index (χ4v) is 0. The van der Waals surface area contributed by atoms with Gasteiger partial charge in [0.2, 0.25) is 0 Å². The number of hydrogen-bond acceptors (Lipinski definition) is 0. The zero-order chi connectivity index (χ0) is 0. The van der Waals surface area contributed by atoms with Crippen LogP contribution in [0.2, 0.25) is 0 Å². The molecule has 0 radical (unpaired) electrons. The second-order valence-electron chi connectivity index (χ2n) is 0. The van der Waals surface area contributed by atoms with Crippen molar-refractivity contribution in [3.63, 3.8) is 0 Å². The Bertz CT molecular complexity index is 0. The minimum atomic E-state index is 0. The van der Waals surface area contributed by atoms with Crippen LogP contribution in [0.5, 0.6) is 0 Å². The molecule has 120 valence electrons. The first-order valence-corrected chi connectivity index (χ1v) is 0. The SMILES string of the molecule is [Os].[Os].[Os].[Os].[Os].[Os].[Os].[Os].[Os].[Os].[Os].[Os].[Os].[Os].[Os]. The van der Waals surface area contributed by atoms with Crippen molar-refractivity contribution in [3.05, 3.63) is 0 Å². The van der Waals surface area contributed by atoms with Crippen LogP contribution in [-0.4, -0.2) is 0 Å². The van der Waals surface area contributed by atoms with E-state index in [2.05, 4.69) is 0 Å². The Labute approximate surface area is 289 Å². The van der Waals surface area contributed by atoms with Gasteiger partial charge in [-0.15, -0.1) is 0 Å². The quantitative estimate of drug-likeness (QED) is 0.320. The van der Waals surface area contributed by atoms with Crippen LogP contribution in [0.1, 0.15) is 0 Å². The van der Waals surface area contributed by atoms with Crippen LogP contribution in [0.3, 0.4) is 0 Å². The molecule has 0 N–H and O–H groups in total. The Kier molecular flexibility index (Phi) is 1310. The van der Waals surface area contributed by atoms with Gasteiger partial charge in [-0.25, -0.2) is 0 Å². The van der Waals surface area contributed by atoms with Gasteiger partial charge in [-0.2, -0.15) is 0 Å². The monoisotopic (exact) mass is 2880 g/mol. The maximum Gasteiger partial charge on any atom is 0 e. The topological polar surface area (TPSA) is 0 Å². The van der Waals surface area contributed by atoms with E-state index in [1.807, 2.05) is 0 Å². The Morgan fingerprint density at radius 2 is 0.0667 bits per heavy atom. The van der Waals surface area contributed by atoms with Gasteiger partial charge in [0, 0.05) is 297 Å². The first-order valence-electron chi connectivity index (χ1n) is 0. The van der Waals surface area contributed by atoms with Crippen LogP contribution in [0.25, 0.3) is 0 Å². The normalized spacial score (nSPS) is 0. The fourth-order valence-electron chi connectivity index (χ4n) is 0. The van der Waals surface area contributed by atoms with E-state index < -0.39 is 0 Å². The van der Waals surface area contributed by atoms with Gasteiger partial charge in [0.25, 0.3) is 0 Å². The van der Waals surface area contributed by atoms with Gasteiger partial charge in [0.05, 0.1) is 0 Å². The predicted molar refractivity (Wildman–Crippen MR) is 0 cm³/mol. The van der Waals surface area contributed by atoms with E-state index in [-0.39, 0.29) is 297 Å². The minimum absolute atomic E-state index is 0. The van der Waals surface area contributed by atoms with Gasteiger partial charge in [-0.3, -0.25) is 0 Å². The van der Waals surface area contributed by atoms with E-state index in [4.69, 9.17) is 0 Å². The fraction of sp³-hybridized carbons (Fsp3) is 0. The van der Waals surface area contributed by atoms with Crippen LogP contribution in [0.4, 0.5) is 0 Å². The number of hydrogen-bond donors (Lipinski definition) is 0. The van der Waals surface area contributed by atoms with E-state index >= 15 is 0 Å². The molecule has 0 aliphatic rings. The van der Waals surface area contributed by atoms with Crippen molar-refractivity contribution in [3.8, 4) is 0 Å². The second-order valence-corrected chi connectivity index (χ2v) is 0. The molecular weight excluding hydrogens is 2850 g/mol. The van der Waals surface area contributed by atoms with Gasteiger partial charge in [0.15, 0.2) is 0 Å². The third-order valence-corrected chi connectivity index (χ3v) is 0. The van der Waals surface area contributed by atoms with Crippen LogP contribution in [-0.2, 0) is 297 Å². The summed E-state index contributed by atoms with van der Waals surface area (Å²) in [6, 6.07) is 0. The molecule has 0 fully saturated rings. The van der Waals surface area contributed by atoms with E-state index in [1.54, 1.807) is 0 Å². The van der Waals surface area contributed by atoms with Gasteiger partial charge >= 0.3 is 0 Å². The van der Waals surface area contributed by atoms with Gasteiger partial charge in [-0.05, 0) is 0 Å². The molecule has 0 saturated heterocycles. The molecule has 0 aliphatic carbocycles. The van der Waals surface area contributed by atoms with Crippen molar-refractivity contribution < 1.29 is 297 Å². The summed E-state index contributed by atoms with van der Waals surface area (Å²) >= 11 is 0. The summed E-state index contributed by atoms with van der Waals surface area (Å²) in [6.07, 6.45) is 0. The molecule has 0 nitrogen and oxygen atoms in total. The summed E-state index contributed by atoms with van der Waals surface area (Å²) in [5.74, 6) is 0. The molecule has 0 spiro atoms. The van der Waals surface area contributed by atoms with E-state index in [1.165, 1.54) is 0 Å². The first-order chi connectivity index (χ1) is 0. The zero-order valence-electron chi connectivity index (χ0n) is 5.30. The van der Waals surface area contributed by atoms with Gasteiger partial charge < -0.3 is 0 Å². The van der Waals surface area contributed by atoms with Crippen molar-refractivity contribution in [1.82, 2.24) is 0 Å². The van der Waals surface area contributed by atoms with Crippen molar-refractivity contribution in [1.29, 1.82) is 0 Å². The maximum atomic E-state index is 0. The average Bonchev–Trinajstić information content (AvgIpc) is 0. The largest absolute Gasteiger partial charge is 0 e. The standard InChI is InChI=1S/15Os. The molecule has 15 heteroatoms. The summed E-state index contributed by atoms with van der Waals surface area (Å²) in [7, 11) is 0. The zero-order valence-corrected chi connectivity index (χ0v) is 43.4. The van der Waals surface area contributed by atoms with Crippen molar-refractivity contribution in [2.24, 2.45) is 0 Å². The van der Waals surface area contributed by atoms with Gasteiger partial charge in [0.1, 0.15) is 0 Å². The molecule has 0 amide bonds. The third kappa shape index (κ3) is 120. The Morgan fingerprint density at radius 1 is 0.0667 bits per heavy atom. The summed E-state index contributed by atoms with van der Waals surface area (Å²) in [5.41, 5.74) is 0. The maximum absolute atomic E-state index is 0. The Hall–Kier alpha value is 9.55. The molecule has 15 heavy (non-hydrogen) atoms. The average molecular weight is 2850 g/mol. The van der Waals surface area contributed by atoms with E-state index in [9.17, 15) is 0 Å². The first kappa shape index (κ1) is 149. The summed E-state index contributed by atoms with van der Waals surface area (Å²) in [6.45, 7) is 0. The Morgan fingerprint density at radius 3 is 0.0667 bits per heavy atom. The predicted octanol–water partition coefficient (Wildman–Crippen LogP) is -0.0375. The molecule has 0 atom stereocenters. The molecule has 0 aliphatic heterocycles. The molecule has 0 bridgehead atoms. The molecule has 0 aromatic rings. The third-order valence-electron chi connectivity index (χ3n) is 0. The van der Waals surface area contributed by atoms with Gasteiger partial charge in [-0.1, -0.05) is 0 Å². The second kappa shape index (κ2) is 131. The van der Waals surface area contributed by atoms with Crippen molar-refractivity contribution in [2.75, 3.05) is 0 Å². The van der Waals surface area contributed by atoms with E-state index in [0.717, 1.165) is 0 Å². The Balaban J connectivity index is 0. The number of rotatable bonds is 0. The summed E-state index contributed by atoms with van der Waals surface area (Å²) in [5, 5.41) is 0. The molecule has 0 saturated carbocycles. The molecule has 0 aromatic carbocycles. The smallest absolute Gasteiger partial charge is 0 e. The molecule has 0 aromatic heterocycles. The van der Waals surface area contributed by atoms with Crippen molar-refractivity contribution >= 4 is 0 Å². The van der Waals surface area contributed by atoms with E-state index in [0.29, 0.717) is 0 Å². The summed E-state index contributed by atoms with van der Waals surface area (Å²) < 4.78 is 0. The van der Waals surface area contributed by atoms with Crippen LogP contribution < -0.4 is 0 Å². The summed E-state index contributed by atoms with van der Waals surface area (Å²) in [4.78, 5) is 0. The van der Waals surface area contributed by atoms with Crippen LogP contribution in [0.15, 0.2) is 0 Å². The molecule has 0 unspecified atom stereocenters. The van der Waals surface area contributed by atoms with Crippen LogP contribution >= 0.6 is 0 Å². The molecule has 0 heterocycles.